The molecule has 0 N–H and O–H groups in total. The van der Waals surface area contributed by atoms with Gasteiger partial charge < -0.3 is 4.42 Å². The zero-order valence-electron chi connectivity index (χ0n) is 16.2. The van der Waals surface area contributed by atoms with Crippen molar-refractivity contribution in [2.45, 2.75) is 10.7 Å². The highest BCUT2D eigenvalue weighted by Gasteiger charge is 2.26. The number of nitrogens with zero attached hydrogens (tertiary/aromatic N) is 1. The average molecular weight is 437 g/mol. The number of halogens is 2. The van der Waals surface area contributed by atoms with E-state index in [9.17, 15) is 17.2 Å². The molecule has 0 fully saturated rings. The van der Waals surface area contributed by atoms with Crippen LogP contribution in [0.2, 0.25) is 0 Å². The molecule has 4 aromatic rings. The molecule has 0 unspecified atom stereocenters. The van der Waals surface area contributed by atoms with Crippen LogP contribution in [0.4, 0.5) is 8.78 Å². The van der Waals surface area contributed by atoms with Gasteiger partial charge in [0.25, 0.3) is 0 Å². The van der Waals surface area contributed by atoms with E-state index in [1.54, 1.807) is 12.3 Å². The molecule has 156 valence electrons. The summed E-state index contributed by atoms with van der Waals surface area (Å²) in [5.41, 5.74) is 3.38. The number of hydrogen-bond acceptors (Lipinski definition) is 4. The van der Waals surface area contributed by atoms with Gasteiger partial charge in [0.05, 0.1) is 11.1 Å². The van der Waals surface area contributed by atoms with Crippen LogP contribution in [0, 0.1) is 0 Å². The highest BCUT2D eigenvalue weighted by Crippen LogP contribution is 2.26. The molecule has 0 saturated heterocycles. The fraction of sp³-hybridized carbons (Fsp3) is 0.0417. The largest absolute Gasteiger partial charge is 0.436 e. The van der Waals surface area contributed by atoms with Gasteiger partial charge in [-0.3, -0.25) is 0 Å². The maximum absolute atomic E-state index is 12.6. The molecule has 0 spiro atoms. The second-order valence-electron chi connectivity index (χ2n) is 6.73. The Hall–Kier alpha value is -3.58. The van der Waals surface area contributed by atoms with E-state index in [4.69, 9.17) is 4.42 Å². The van der Waals surface area contributed by atoms with Crippen molar-refractivity contribution in [2.24, 2.45) is 0 Å². The Balaban J connectivity index is 1.47. The molecule has 4 rings (SSSR count). The maximum Gasteiger partial charge on any atom is 0.341 e. The van der Waals surface area contributed by atoms with Gasteiger partial charge in [0.1, 0.15) is 0 Å². The lowest BCUT2D eigenvalue weighted by molar-refractivity contribution is 0.234. The summed E-state index contributed by atoms with van der Waals surface area (Å²) >= 11 is 0. The van der Waals surface area contributed by atoms with Gasteiger partial charge in [0, 0.05) is 11.1 Å². The monoisotopic (exact) mass is 437 g/mol. The first-order valence-corrected chi connectivity index (χ1v) is 10.9. The van der Waals surface area contributed by atoms with Crippen LogP contribution in [0.3, 0.4) is 0 Å². The van der Waals surface area contributed by atoms with Crippen LogP contribution >= 0.6 is 0 Å². The van der Waals surface area contributed by atoms with Crippen LogP contribution in [0.15, 0.2) is 94.4 Å². The number of oxazole rings is 1. The number of aromatic nitrogens is 1. The first-order chi connectivity index (χ1) is 14.9. The van der Waals surface area contributed by atoms with E-state index in [1.165, 1.54) is 24.3 Å². The van der Waals surface area contributed by atoms with Crippen LogP contribution in [0.5, 0.6) is 0 Å². The first-order valence-electron chi connectivity index (χ1n) is 9.35. The number of sulfone groups is 1. The molecule has 0 bridgehead atoms. The van der Waals surface area contributed by atoms with Crippen molar-refractivity contribution in [3.8, 4) is 22.8 Å². The molecule has 0 saturated carbocycles. The second kappa shape index (κ2) is 8.65. The van der Waals surface area contributed by atoms with Crippen molar-refractivity contribution in [1.29, 1.82) is 0 Å². The van der Waals surface area contributed by atoms with Crippen LogP contribution in [0.25, 0.3) is 34.9 Å². The van der Waals surface area contributed by atoms with Crippen molar-refractivity contribution >= 4 is 22.0 Å². The normalized spacial score (nSPS) is 12.0. The summed E-state index contributed by atoms with van der Waals surface area (Å²) in [6.45, 7) is 0. The van der Waals surface area contributed by atoms with Gasteiger partial charge in [-0.05, 0) is 35.4 Å². The summed E-state index contributed by atoms with van der Waals surface area (Å²) < 4.78 is 54.0. The summed E-state index contributed by atoms with van der Waals surface area (Å²) in [4.78, 5) is 3.94. The molecule has 0 aliphatic carbocycles. The zero-order chi connectivity index (χ0) is 21.8. The van der Waals surface area contributed by atoms with Gasteiger partial charge in [0.15, 0.2) is 5.76 Å². The zero-order valence-corrected chi connectivity index (χ0v) is 17.0. The van der Waals surface area contributed by atoms with Gasteiger partial charge in [-0.15, -0.1) is 0 Å². The van der Waals surface area contributed by atoms with Crippen molar-refractivity contribution in [2.75, 3.05) is 0 Å². The maximum atomic E-state index is 12.6. The molecule has 0 radical (unpaired) electrons. The Morgan fingerprint density at radius 2 is 1.35 bits per heavy atom. The topological polar surface area (TPSA) is 60.2 Å². The van der Waals surface area contributed by atoms with E-state index < -0.39 is 20.5 Å². The summed E-state index contributed by atoms with van der Waals surface area (Å²) in [5, 5.41) is 0. The highest BCUT2D eigenvalue weighted by molar-refractivity contribution is 7.91. The van der Waals surface area contributed by atoms with Crippen molar-refractivity contribution in [1.82, 2.24) is 4.98 Å². The Bertz CT molecular complexity index is 1300. The summed E-state index contributed by atoms with van der Waals surface area (Å²) in [6.07, 6.45) is 5.30. The average Bonchev–Trinajstić information content (AvgIpc) is 3.29. The van der Waals surface area contributed by atoms with Crippen molar-refractivity contribution in [3.63, 3.8) is 0 Å². The Morgan fingerprint density at radius 1 is 0.774 bits per heavy atom. The molecule has 0 aliphatic heterocycles. The minimum absolute atomic E-state index is 0.398. The predicted molar refractivity (Wildman–Crippen MR) is 116 cm³/mol. The first kappa shape index (κ1) is 20.7. The van der Waals surface area contributed by atoms with Gasteiger partial charge in [-0.1, -0.05) is 66.7 Å². The highest BCUT2D eigenvalue weighted by atomic mass is 32.2. The van der Waals surface area contributed by atoms with Crippen LogP contribution < -0.4 is 0 Å². The SMILES string of the molecule is O=S(=O)(c1ccc(C=Cc2ccc(-c3ncc(-c4ccccc4)o3)cc2)cc1)C(F)F. The minimum atomic E-state index is -4.58. The molecule has 31 heavy (non-hydrogen) atoms. The second-order valence-corrected chi connectivity index (χ2v) is 8.64. The van der Waals surface area contributed by atoms with Crippen LogP contribution in [-0.4, -0.2) is 19.2 Å². The quantitative estimate of drug-likeness (QED) is 0.338. The number of rotatable bonds is 6. The van der Waals surface area contributed by atoms with E-state index in [1.807, 2.05) is 60.7 Å². The molecular formula is C24H17F2NO3S. The fourth-order valence-corrected chi connectivity index (χ4v) is 3.67. The number of alkyl halides is 2. The van der Waals surface area contributed by atoms with E-state index >= 15 is 0 Å². The molecule has 3 aromatic carbocycles. The predicted octanol–water partition coefficient (Wildman–Crippen LogP) is 6.18. The van der Waals surface area contributed by atoms with Crippen molar-refractivity contribution < 1.29 is 21.6 Å². The van der Waals surface area contributed by atoms with E-state index in [0.29, 0.717) is 17.2 Å². The minimum Gasteiger partial charge on any atom is -0.436 e. The molecule has 0 amide bonds. The van der Waals surface area contributed by atoms with Crippen LogP contribution in [0.1, 0.15) is 11.1 Å². The molecule has 1 aromatic heterocycles. The van der Waals surface area contributed by atoms with E-state index in [2.05, 4.69) is 4.98 Å². The fourth-order valence-electron chi connectivity index (χ4n) is 2.94. The smallest absolute Gasteiger partial charge is 0.341 e. The lowest BCUT2D eigenvalue weighted by Gasteiger charge is -2.03. The molecular weight excluding hydrogens is 420 g/mol. The lowest BCUT2D eigenvalue weighted by atomic mass is 10.1. The Labute approximate surface area is 178 Å². The third-order valence-electron chi connectivity index (χ3n) is 4.63. The van der Waals surface area contributed by atoms with Gasteiger partial charge in [-0.2, -0.15) is 8.78 Å². The summed E-state index contributed by atoms with van der Waals surface area (Å²) in [5.74, 6) is -2.22. The Morgan fingerprint density at radius 3 is 1.94 bits per heavy atom. The molecule has 4 nitrogen and oxygen atoms in total. The molecule has 7 heteroatoms. The molecule has 1 heterocycles. The molecule has 0 atom stereocenters. The van der Waals surface area contributed by atoms with E-state index in [0.717, 1.165) is 16.7 Å². The third-order valence-corrected chi connectivity index (χ3v) is 6.03. The van der Waals surface area contributed by atoms with Gasteiger partial charge in [-0.25, -0.2) is 13.4 Å². The number of benzene rings is 3. The standard InChI is InChI=1S/C24H17F2NO3S/c25-24(26)31(28,29)21-14-10-18(11-15-21)7-6-17-8-12-20(13-9-17)23-27-16-22(30-23)19-4-2-1-3-5-19/h1-16,24H. The third kappa shape index (κ3) is 4.62. The lowest BCUT2D eigenvalue weighted by Crippen LogP contribution is -2.11. The van der Waals surface area contributed by atoms with Gasteiger partial charge in [0.2, 0.25) is 15.7 Å². The summed E-state index contributed by atoms with van der Waals surface area (Å²) in [6, 6.07) is 22.6. The van der Waals surface area contributed by atoms with Crippen molar-refractivity contribution in [3.05, 3.63) is 96.2 Å². The number of hydrogen-bond donors (Lipinski definition) is 0. The van der Waals surface area contributed by atoms with E-state index in [-0.39, 0.29) is 0 Å². The Kier molecular flexibility index (Phi) is 5.77. The summed E-state index contributed by atoms with van der Waals surface area (Å²) in [7, 11) is -4.58. The van der Waals surface area contributed by atoms with Gasteiger partial charge >= 0.3 is 5.76 Å². The molecule has 0 aliphatic rings. The van der Waals surface area contributed by atoms with Crippen LogP contribution in [-0.2, 0) is 9.84 Å².